The summed E-state index contributed by atoms with van der Waals surface area (Å²) in [5.41, 5.74) is 1.05. The number of hydrogen-bond acceptors (Lipinski definition) is 4. The Morgan fingerprint density at radius 3 is 2.78 bits per heavy atom. The molecule has 0 bridgehead atoms. The van der Waals surface area contributed by atoms with Crippen LogP contribution in [0.3, 0.4) is 0 Å². The van der Waals surface area contributed by atoms with Gasteiger partial charge >= 0.3 is 0 Å². The number of carbonyl (C=O) groups is 2. The molecule has 0 aliphatic carbocycles. The highest BCUT2D eigenvalue weighted by molar-refractivity contribution is 5.81. The van der Waals surface area contributed by atoms with Crippen LogP contribution in [0.15, 0.2) is 23.8 Å². The monoisotopic (exact) mass is 318 g/mol. The van der Waals surface area contributed by atoms with E-state index in [9.17, 15) is 9.59 Å². The van der Waals surface area contributed by atoms with Crippen LogP contribution in [-0.2, 0) is 9.59 Å². The molecule has 1 atom stereocenters. The summed E-state index contributed by atoms with van der Waals surface area (Å²) in [6, 6.07) is 1.82. The van der Waals surface area contributed by atoms with E-state index in [4.69, 9.17) is 5.26 Å². The lowest BCUT2D eigenvalue weighted by Crippen LogP contribution is -2.43. The van der Waals surface area contributed by atoms with E-state index in [-0.39, 0.29) is 30.9 Å². The van der Waals surface area contributed by atoms with Crippen LogP contribution in [0.1, 0.15) is 33.1 Å². The highest BCUT2D eigenvalue weighted by Crippen LogP contribution is 2.15. The normalized spacial score (nSPS) is 18.2. The molecule has 6 heteroatoms. The molecule has 0 radical (unpaired) electrons. The molecular weight excluding hydrogens is 292 g/mol. The van der Waals surface area contributed by atoms with Crippen molar-refractivity contribution in [2.24, 2.45) is 0 Å². The van der Waals surface area contributed by atoms with Gasteiger partial charge in [-0.1, -0.05) is 25.2 Å². The molecule has 126 valence electrons. The van der Waals surface area contributed by atoms with Crippen molar-refractivity contribution in [1.82, 2.24) is 15.5 Å². The van der Waals surface area contributed by atoms with Gasteiger partial charge < -0.3 is 10.2 Å². The van der Waals surface area contributed by atoms with Crippen molar-refractivity contribution < 1.29 is 9.59 Å². The molecule has 23 heavy (non-hydrogen) atoms. The standard InChI is InChI=1S/C17H26N4O2/c1-3-5-7-14(4-2)11-20-16(22)12-19-13-17(23)21-9-6-8-15(21)10-18/h4-5,7,15,19H,3,6,8-9,11-13H2,1-2H3,(H,20,22)/b7-5-,14-4+/t15-/m0/s1. The van der Waals surface area contributed by atoms with E-state index >= 15 is 0 Å². The van der Waals surface area contributed by atoms with E-state index in [1.807, 2.05) is 25.2 Å². The Kier molecular flexibility index (Phi) is 8.70. The third kappa shape index (κ3) is 6.66. The van der Waals surface area contributed by atoms with Crippen LogP contribution in [0, 0.1) is 11.3 Å². The van der Waals surface area contributed by atoms with Crippen molar-refractivity contribution >= 4 is 11.8 Å². The first-order valence-electron chi connectivity index (χ1n) is 8.10. The predicted octanol–water partition coefficient (Wildman–Crippen LogP) is 1.12. The Bertz CT molecular complexity index is 505. The third-order valence-corrected chi connectivity index (χ3v) is 3.71. The summed E-state index contributed by atoms with van der Waals surface area (Å²) >= 11 is 0. The van der Waals surface area contributed by atoms with Crippen molar-refractivity contribution in [1.29, 1.82) is 5.26 Å². The fourth-order valence-electron chi connectivity index (χ4n) is 2.37. The highest BCUT2D eigenvalue weighted by Gasteiger charge is 2.27. The quantitative estimate of drug-likeness (QED) is 0.657. The van der Waals surface area contributed by atoms with E-state index in [1.165, 1.54) is 0 Å². The number of nitrogens with zero attached hydrogens (tertiary/aromatic N) is 2. The predicted molar refractivity (Wildman–Crippen MR) is 89.4 cm³/mol. The number of allylic oxidation sites excluding steroid dienone is 2. The minimum Gasteiger partial charge on any atom is -0.351 e. The molecule has 6 nitrogen and oxygen atoms in total. The maximum Gasteiger partial charge on any atom is 0.237 e. The molecule has 1 aliphatic rings. The fourth-order valence-corrected chi connectivity index (χ4v) is 2.37. The number of carbonyl (C=O) groups excluding carboxylic acids is 2. The van der Waals surface area contributed by atoms with Crippen molar-refractivity contribution in [2.75, 3.05) is 26.2 Å². The number of amides is 2. The van der Waals surface area contributed by atoms with Crippen LogP contribution in [-0.4, -0.2) is 48.9 Å². The Hall–Kier alpha value is -2.13. The SMILES string of the molecule is C/C=C(\C=C/CC)CNC(=O)CNCC(=O)N1CCC[C@H]1C#N. The van der Waals surface area contributed by atoms with Crippen molar-refractivity contribution in [3.8, 4) is 6.07 Å². The van der Waals surface area contributed by atoms with Gasteiger partial charge in [0, 0.05) is 13.1 Å². The topological polar surface area (TPSA) is 85.2 Å². The number of likely N-dealkylation sites (tertiary alicyclic amines) is 1. The number of nitriles is 1. The van der Waals surface area contributed by atoms with E-state index in [0.717, 1.165) is 24.8 Å². The van der Waals surface area contributed by atoms with Crippen molar-refractivity contribution in [3.05, 3.63) is 23.8 Å². The van der Waals surface area contributed by atoms with E-state index < -0.39 is 0 Å². The summed E-state index contributed by atoms with van der Waals surface area (Å²) in [7, 11) is 0. The summed E-state index contributed by atoms with van der Waals surface area (Å²) < 4.78 is 0. The maximum atomic E-state index is 12.0. The zero-order valence-electron chi connectivity index (χ0n) is 14.0. The van der Waals surface area contributed by atoms with Crippen LogP contribution >= 0.6 is 0 Å². The van der Waals surface area contributed by atoms with Crippen LogP contribution in [0.4, 0.5) is 0 Å². The average Bonchev–Trinajstić information content (AvgIpc) is 3.03. The zero-order valence-corrected chi connectivity index (χ0v) is 14.0. The van der Waals surface area contributed by atoms with Gasteiger partial charge in [-0.3, -0.25) is 14.9 Å². The largest absolute Gasteiger partial charge is 0.351 e. The van der Waals surface area contributed by atoms with Gasteiger partial charge in [-0.25, -0.2) is 0 Å². The van der Waals surface area contributed by atoms with Gasteiger partial charge in [-0.2, -0.15) is 5.26 Å². The molecule has 0 aromatic heterocycles. The van der Waals surface area contributed by atoms with Gasteiger partial charge in [0.25, 0.3) is 0 Å². The van der Waals surface area contributed by atoms with Crippen LogP contribution in [0.5, 0.6) is 0 Å². The lowest BCUT2D eigenvalue weighted by Gasteiger charge is -2.19. The minimum absolute atomic E-state index is 0.0812. The third-order valence-electron chi connectivity index (χ3n) is 3.71. The van der Waals surface area contributed by atoms with E-state index in [2.05, 4.69) is 23.6 Å². The molecule has 1 saturated heterocycles. The maximum absolute atomic E-state index is 12.0. The zero-order chi connectivity index (χ0) is 17.1. The second-order valence-electron chi connectivity index (χ2n) is 5.43. The van der Waals surface area contributed by atoms with Gasteiger partial charge in [-0.05, 0) is 31.8 Å². The lowest BCUT2D eigenvalue weighted by molar-refractivity contribution is -0.130. The van der Waals surface area contributed by atoms with Gasteiger partial charge in [-0.15, -0.1) is 0 Å². The Morgan fingerprint density at radius 1 is 1.35 bits per heavy atom. The number of nitrogens with one attached hydrogen (secondary N) is 2. The minimum atomic E-state index is -0.319. The Morgan fingerprint density at radius 2 is 2.13 bits per heavy atom. The lowest BCUT2D eigenvalue weighted by atomic mass is 10.2. The van der Waals surface area contributed by atoms with Crippen molar-refractivity contribution in [2.45, 2.75) is 39.2 Å². The summed E-state index contributed by atoms with van der Waals surface area (Å²) in [6.45, 7) is 5.26. The smallest absolute Gasteiger partial charge is 0.237 e. The molecule has 2 N–H and O–H groups in total. The van der Waals surface area contributed by atoms with Crippen LogP contribution in [0.2, 0.25) is 0 Å². The molecule has 0 spiro atoms. The molecule has 1 fully saturated rings. The van der Waals surface area contributed by atoms with E-state index in [0.29, 0.717) is 13.1 Å². The Balaban J connectivity index is 2.25. The van der Waals surface area contributed by atoms with Crippen LogP contribution < -0.4 is 10.6 Å². The summed E-state index contributed by atoms with van der Waals surface area (Å²) in [5.74, 6) is -0.276. The van der Waals surface area contributed by atoms with E-state index in [1.54, 1.807) is 4.90 Å². The van der Waals surface area contributed by atoms with Crippen molar-refractivity contribution in [3.63, 3.8) is 0 Å². The van der Waals surface area contributed by atoms with Gasteiger partial charge in [0.1, 0.15) is 6.04 Å². The molecule has 0 saturated carbocycles. The second kappa shape index (κ2) is 10.6. The summed E-state index contributed by atoms with van der Waals surface area (Å²) in [4.78, 5) is 25.3. The summed E-state index contributed by atoms with van der Waals surface area (Å²) in [6.07, 6.45) is 8.54. The molecule has 2 amide bonds. The van der Waals surface area contributed by atoms with Gasteiger partial charge in [0.2, 0.25) is 11.8 Å². The average molecular weight is 318 g/mol. The molecule has 0 unspecified atom stereocenters. The number of hydrogen-bond donors (Lipinski definition) is 2. The Labute approximate surface area is 138 Å². The molecule has 1 heterocycles. The molecule has 0 aromatic carbocycles. The molecule has 1 rings (SSSR count). The first-order chi connectivity index (χ1) is 11.1. The highest BCUT2D eigenvalue weighted by atomic mass is 16.2. The fraction of sp³-hybridized carbons (Fsp3) is 0.588. The van der Waals surface area contributed by atoms with Gasteiger partial charge in [0.05, 0.1) is 19.2 Å². The first kappa shape index (κ1) is 18.9. The first-order valence-corrected chi connectivity index (χ1v) is 8.10. The molecule has 0 aromatic rings. The van der Waals surface area contributed by atoms with Crippen LogP contribution in [0.25, 0.3) is 0 Å². The molecule has 1 aliphatic heterocycles. The second-order valence-corrected chi connectivity index (χ2v) is 5.43. The molecular formula is C17H26N4O2. The van der Waals surface area contributed by atoms with Gasteiger partial charge in [0.15, 0.2) is 0 Å². The summed E-state index contributed by atoms with van der Waals surface area (Å²) in [5, 5.41) is 14.6. The number of rotatable bonds is 8.